The number of piperidine rings is 1. The number of thiophene rings is 1. The van der Waals surface area contributed by atoms with Crippen LogP contribution in [0.15, 0.2) is 6.07 Å². The molecule has 6 nitrogen and oxygen atoms in total. The summed E-state index contributed by atoms with van der Waals surface area (Å²) in [5.74, 6) is -0.0583. The van der Waals surface area contributed by atoms with Gasteiger partial charge in [-0.1, -0.05) is 0 Å². The van der Waals surface area contributed by atoms with E-state index in [4.69, 9.17) is 0 Å². The number of carbonyl (C=O) groups is 1. The van der Waals surface area contributed by atoms with Crippen molar-refractivity contribution in [1.29, 1.82) is 0 Å². The van der Waals surface area contributed by atoms with E-state index in [1.165, 1.54) is 23.8 Å². The van der Waals surface area contributed by atoms with E-state index in [9.17, 15) is 14.9 Å². The van der Waals surface area contributed by atoms with Crippen molar-refractivity contribution in [2.45, 2.75) is 26.2 Å². The molecule has 114 valence electrons. The molecule has 1 aromatic heterocycles. The van der Waals surface area contributed by atoms with Gasteiger partial charge in [0.2, 0.25) is 0 Å². The van der Waals surface area contributed by atoms with Gasteiger partial charge < -0.3 is 10.2 Å². The summed E-state index contributed by atoms with van der Waals surface area (Å²) in [7, 11) is 0. The second-order valence-electron chi connectivity index (χ2n) is 6.03. The lowest BCUT2D eigenvalue weighted by atomic mass is 9.78. The third-order valence-corrected chi connectivity index (χ3v) is 5.77. The third kappa shape index (κ3) is 2.67. The van der Waals surface area contributed by atoms with Gasteiger partial charge in [0.25, 0.3) is 11.6 Å². The standard InChI is InChI=1S/C14H19N3O3S/c1-10-11(17(19)20)8-12(21-10)13(18)16-6-3-14(4-7-16)2-5-15-9-14/h8,15H,2-7,9H2,1H3. The minimum absolute atomic E-state index is 0.0526. The topological polar surface area (TPSA) is 75.5 Å². The molecule has 3 rings (SSSR count). The quantitative estimate of drug-likeness (QED) is 0.671. The Morgan fingerprint density at radius 2 is 2.14 bits per heavy atom. The highest BCUT2D eigenvalue weighted by molar-refractivity contribution is 7.14. The van der Waals surface area contributed by atoms with Crippen molar-refractivity contribution in [3.63, 3.8) is 0 Å². The molecule has 2 saturated heterocycles. The number of nitro groups is 1. The average Bonchev–Trinajstić information content (AvgIpc) is 3.06. The molecule has 1 amide bonds. The molecule has 21 heavy (non-hydrogen) atoms. The Balaban J connectivity index is 1.69. The maximum atomic E-state index is 12.5. The summed E-state index contributed by atoms with van der Waals surface area (Å²) in [6.45, 7) is 5.33. The largest absolute Gasteiger partial charge is 0.338 e. The molecule has 1 aromatic rings. The SMILES string of the molecule is Cc1sc(C(=O)N2CCC3(CCNC3)CC2)cc1[N+](=O)[O-]. The van der Waals surface area contributed by atoms with E-state index in [2.05, 4.69) is 5.32 Å². The van der Waals surface area contributed by atoms with Gasteiger partial charge in [-0.05, 0) is 38.1 Å². The Labute approximate surface area is 127 Å². The smallest absolute Gasteiger partial charge is 0.283 e. The molecule has 0 aliphatic carbocycles. The zero-order chi connectivity index (χ0) is 15.0. The monoisotopic (exact) mass is 309 g/mol. The van der Waals surface area contributed by atoms with Crippen LogP contribution in [0.2, 0.25) is 0 Å². The predicted molar refractivity (Wildman–Crippen MR) is 80.8 cm³/mol. The molecule has 0 aromatic carbocycles. The average molecular weight is 309 g/mol. The lowest BCUT2D eigenvalue weighted by Crippen LogP contribution is -2.43. The fourth-order valence-corrected chi connectivity index (χ4v) is 4.28. The Kier molecular flexibility index (Phi) is 3.71. The molecule has 3 heterocycles. The van der Waals surface area contributed by atoms with E-state index < -0.39 is 4.92 Å². The van der Waals surface area contributed by atoms with Crippen LogP contribution in [0, 0.1) is 22.5 Å². The number of carbonyl (C=O) groups excluding carboxylic acids is 1. The highest BCUT2D eigenvalue weighted by Crippen LogP contribution is 2.38. The minimum atomic E-state index is -0.419. The van der Waals surface area contributed by atoms with Gasteiger partial charge in [0.15, 0.2) is 0 Å². The van der Waals surface area contributed by atoms with E-state index in [1.807, 2.05) is 4.90 Å². The summed E-state index contributed by atoms with van der Waals surface area (Å²) in [6, 6.07) is 1.42. The van der Waals surface area contributed by atoms with Gasteiger partial charge in [0, 0.05) is 25.7 Å². The third-order valence-electron chi connectivity index (χ3n) is 4.74. The first kappa shape index (κ1) is 14.5. The zero-order valence-corrected chi connectivity index (χ0v) is 12.9. The summed E-state index contributed by atoms with van der Waals surface area (Å²) in [6.07, 6.45) is 3.25. The Hall–Kier alpha value is -1.47. The minimum Gasteiger partial charge on any atom is -0.338 e. The van der Waals surface area contributed by atoms with E-state index in [1.54, 1.807) is 6.92 Å². The second-order valence-corrected chi connectivity index (χ2v) is 7.28. The number of amides is 1. The Morgan fingerprint density at radius 3 is 2.67 bits per heavy atom. The van der Waals surface area contributed by atoms with Crippen LogP contribution in [-0.2, 0) is 0 Å². The molecule has 2 aliphatic heterocycles. The van der Waals surface area contributed by atoms with Crippen LogP contribution in [0.25, 0.3) is 0 Å². The Morgan fingerprint density at radius 1 is 1.43 bits per heavy atom. The molecule has 2 fully saturated rings. The number of aryl methyl sites for hydroxylation is 1. The van der Waals surface area contributed by atoms with Crippen LogP contribution in [0.5, 0.6) is 0 Å². The number of hydrogen-bond donors (Lipinski definition) is 1. The normalized spacial score (nSPS) is 20.9. The maximum Gasteiger partial charge on any atom is 0.283 e. The van der Waals surface area contributed by atoms with Crippen LogP contribution < -0.4 is 5.32 Å². The highest BCUT2D eigenvalue weighted by Gasteiger charge is 2.38. The van der Waals surface area contributed by atoms with E-state index in [0.29, 0.717) is 15.2 Å². The van der Waals surface area contributed by atoms with Crippen molar-refractivity contribution in [3.05, 3.63) is 25.9 Å². The van der Waals surface area contributed by atoms with Crippen LogP contribution >= 0.6 is 11.3 Å². The van der Waals surface area contributed by atoms with E-state index in [0.717, 1.165) is 39.0 Å². The lowest BCUT2D eigenvalue weighted by Gasteiger charge is -2.38. The first-order valence-electron chi connectivity index (χ1n) is 7.26. The summed E-state index contributed by atoms with van der Waals surface area (Å²) in [4.78, 5) is 25.9. The van der Waals surface area contributed by atoms with Crippen molar-refractivity contribution < 1.29 is 9.72 Å². The summed E-state index contributed by atoms with van der Waals surface area (Å²) >= 11 is 1.22. The molecule has 0 bridgehead atoms. The second kappa shape index (κ2) is 5.38. The maximum absolute atomic E-state index is 12.5. The molecule has 1 N–H and O–H groups in total. The number of rotatable bonds is 2. The van der Waals surface area contributed by atoms with Gasteiger partial charge in [-0.25, -0.2) is 0 Å². The molecular weight excluding hydrogens is 290 g/mol. The van der Waals surface area contributed by atoms with Gasteiger partial charge in [0.05, 0.1) is 14.7 Å². The van der Waals surface area contributed by atoms with Crippen molar-refractivity contribution in [2.24, 2.45) is 5.41 Å². The van der Waals surface area contributed by atoms with Crippen LogP contribution in [-0.4, -0.2) is 41.9 Å². The van der Waals surface area contributed by atoms with Crippen molar-refractivity contribution in [3.8, 4) is 0 Å². The van der Waals surface area contributed by atoms with Gasteiger partial charge >= 0.3 is 0 Å². The molecular formula is C14H19N3O3S. The van der Waals surface area contributed by atoms with Crippen LogP contribution in [0.4, 0.5) is 5.69 Å². The zero-order valence-electron chi connectivity index (χ0n) is 12.1. The molecule has 0 atom stereocenters. The molecule has 0 unspecified atom stereocenters. The summed E-state index contributed by atoms with van der Waals surface area (Å²) in [5, 5.41) is 14.3. The first-order valence-corrected chi connectivity index (χ1v) is 8.07. The van der Waals surface area contributed by atoms with Gasteiger partial charge in [-0.2, -0.15) is 0 Å². The molecule has 0 saturated carbocycles. The lowest BCUT2D eigenvalue weighted by molar-refractivity contribution is -0.385. The fraction of sp³-hybridized carbons (Fsp3) is 0.643. The number of likely N-dealkylation sites (tertiary alicyclic amines) is 1. The van der Waals surface area contributed by atoms with Crippen molar-refractivity contribution >= 4 is 22.9 Å². The number of nitrogens with zero attached hydrogens (tertiary/aromatic N) is 2. The van der Waals surface area contributed by atoms with Crippen LogP contribution in [0.1, 0.15) is 33.8 Å². The number of hydrogen-bond acceptors (Lipinski definition) is 5. The van der Waals surface area contributed by atoms with Gasteiger partial charge in [0.1, 0.15) is 0 Å². The predicted octanol–water partition coefficient (Wildman–Crippen LogP) is 2.18. The van der Waals surface area contributed by atoms with E-state index in [-0.39, 0.29) is 11.6 Å². The number of nitrogens with one attached hydrogen (secondary N) is 1. The molecule has 0 radical (unpaired) electrons. The van der Waals surface area contributed by atoms with Crippen molar-refractivity contribution in [2.75, 3.05) is 26.2 Å². The molecule has 1 spiro atoms. The van der Waals surface area contributed by atoms with Crippen molar-refractivity contribution in [1.82, 2.24) is 10.2 Å². The molecule has 2 aliphatic rings. The highest BCUT2D eigenvalue weighted by atomic mass is 32.1. The summed E-state index contributed by atoms with van der Waals surface area (Å²) < 4.78 is 0. The van der Waals surface area contributed by atoms with Gasteiger partial charge in [-0.15, -0.1) is 11.3 Å². The van der Waals surface area contributed by atoms with E-state index >= 15 is 0 Å². The van der Waals surface area contributed by atoms with Crippen LogP contribution in [0.3, 0.4) is 0 Å². The van der Waals surface area contributed by atoms with Gasteiger partial charge in [-0.3, -0.25) is 14.9 Å². The molecule has 7 heteroatoms. The first-order chi connectivity index (χ1) is 10.0. The summed E-state index contributed by atoms with van der Waals surface area (Å²) in [5.41, 5.74) is 0.422. The fourth-order valence-electron chi connectivity index (χ4n) is 3.32. The Bertz CT molecular complexity index is 568.